The number of halogens is 1. The predicted molar refractivity (Wildman–Crippen MR) is 96.6 cm³/mol. The van der Waals surface area contributed by atoms with E-state index in [0.717, 1.165) is 0 Å². The molecule has 2 rings (SSSR count). The fourth-order valence-corrected chi connectivity index (χ4v) is 2.92. The first kappa shape index (κ1) is 21.0. The van der Waals surface area contributed by atoms with Crippen LogP contribution in [0.3, 0.4) is 0 Å². The number of aliphatic hydroxyl groups excluding tert-OH is 1. The first-order valence-corrected chi connectivity index (χ1v) is 8.75. The molecule has 1 fully saturated rings. The first-order chi connectivity index (χ1) is 12.4. The maximum atomic E-state index is 13.3. The van der Waals surface area contributed by atoms with Gasteiger partial charge in [0.15, 0.2) is 0 Å². The van der Waals surface area contributed by atoms with E-state index in [1.165, 1.54) is 24.3 Å². The van der Waals surface area contributed by atoms with Crippen LogP contribution in [0.4, 0.5) is 14.0 Å². The van der Waals surface area contributed by atoms with Crippen molar-refractivity contribution in [2.75, 3.05) is 6.61 Å². The number of carbonyl (C=O) groups excluding carboxylic acids is 2. The summed E-state index contributed by atoms with van der Waals surface area (Å²) in [5, 5.41) is 16.3. The van der Waals surface area contributed by atoms with E-state index in [1.54, 1.807) is 20.8 Å². The van der Waals surface area contributed by atoms with Gasteiger partial charge in [0, 0.05) is 5.41 Å². The molecule has 150 valence electrons. The van der Waals surface area contributed by atoms with E-state index in [0.29, 0.717) is 5.56 Å². The molecule has 0 aliphatic carbocycles. The minimum absolute atomic E-state index is 0.114. The van der Waals surface area contributed by atoms with Gasteiger partial charge in [-0.15, -0.1) is 0 Å². The van der Waals surface area contributed by atoms with Crippen LogP contribution in [-0.4, -0.2) is 41.6 Å². The van der Waals surface area contributed by atoms with Crippen LogP contribution in [0.1, 0.15) is 46.2 Å². The number of cyclic esters (lactones) is 1. The first-order valence-electron chi connectivity index (χ1n) is 8.75. The fourth-order valence-electron chi connectivity index (χ4n) is 2.92. The van der Waals surface area contributed by atoms with Gasteiger partial charge in [-0.05, 0) is 38.5 Å². The number of amides is 2. The minimum Gasteiger partial charge on any atom is -0.449 e. The summed E-state index contributed by atoms with van der Waals surface area (Å²) in [6, 6.07) is 3.77. The zero-order valence-corrected chi connectivity index (χ0v) is 16.2. The molecule has 27 heavy (non-hydrogen) atoms. The Kier molecular flexibility index (Phi) is 5.99. The van der Waals surface area contributed by atoms with Crippen LogP contribution in [0.2, 0.25) is 0 Å². The highest BCUT2D eigenvalue weighted by Gasteiger charge is 2.44. The second-order valence-corrected chi connectivity index (χ2v) is 8.35. The zero-order chi connectivity index (χ0) is 20.4. The summed E-state index contributed by atoms with van der Waals surface area (Å²) < 4.78 is 23.6. The smallest absolute Gasteiger partial charge is 0.408 e. The molecule has 1 aliphatic rings. The Morgan fingerprint density at radius 3 is 2.52 bits per heavy atom. The molecule has 1 saturated heterocycles. The molecular weight excluding hydrogens is 355 g/mol. The van der Waals surface area contributed by atoms with Crippen molar-refractivity contribution in [3.8, 4) is 0 Å². The number of ether oxygens (including phenoxy) is 2. The largest absolute Gasteiger partial charge is 0.449 e. The lowest BCUT2D eigenvalue weighted by atomic mass is 9.78. The molecule has 0 unspecified atom stereocenters. The van der Waals surface area contributed by atoms with Crippen LogP contribution in [0.15, 0.2) is 24.3 Å². The Morgan fingerprint density at radius 1 is 1.37 bits per heavy atom. The van der Waals surface area contributed by atoms with Gasteiger partial charge in [-0.25, -0.2) is 14.0 Å². The standard InChI is InChI=1S/C19H27FN2O5/c1-18(2,3)27-17(25)21-13(11-6-8-12(20)9-7-11)14(23)15-19(4,5)10-26-16(24)22-15/h6-9,13-15,23H,10H2,1-5H3,(H,21,25)(H,22,24)/t13-,14+,15+/m0/s1. The molecule has 0 spiro atoms. The van der Waals surface area contributed by atoms with Crippen LogP contribution in [0.5, 0.6) is 0 Å². The van der Waals surface area contributed by atoms with E-state index in [4.69, 9.17) is 9.47 Å². The highest BCUT2D eigenvalue weighted by atomic mass is 19.1. The number of benzene rings is 1. The Labute approximate surface area is 158 Å². The molecule has 8 heteroatoms. The number of nitrogens with one attached hydrogen (secondary N) is 2. The number of aliphatic hydroxyl groups is 1. The molecule has 0 saturated carbocycles. The summed E-state index contributed by atoms with van der Waals surface area (Å²) in [4.78, 5) is 24.0. The number of carbonyl (C=O) groups is 2. The van der Waals surface area contributed by atoms with Gasteiger partial charge >= 0.3 is 12.2 Å². The van der Waals surface area contributed by atoms with Crippen molar-refractivity contribution in [3.63, 3.8) is 0 Å². The lowest BCUT2D eigenvalue weighted by Gasteiger charge is -2.43. The summed E-state index contributed by atoms with van der Waals surface area (Å²) in [5.41, 5.74) is -0.846. The molecule has 3 N–H and O–H groups in total. The quantitative estimate of drug-likeness (QED) is 0.744. The van der Waals surface area contributed by atoms with Crippen molar-refractivity contribution in [2.45, 2.75) is 58.4 Å². The van der Waals surface area contributed by atoms with Crippen LogP contribution in [0, 0.1) is 11.2 Å². The van der Waals surface area contributed by atoms with Crippen LogP contribution >= 0.6 is 0 Å². The molecule has 2 amide bonds. The van der Waals surface area contributed by atoms with E-state index in [2.05, 4.69) is 10.6 Å². The van der Waals surface area contributed by atoms with Crippen molar-refractivity contribution in [1.29, 1.82) is 0 Å². The fraction of sp³-hybridized carbons (Fsp3) is 0.579. The number of hydrogen-bond donors (Lipinski definition) is 3. The summed E-state index contributed by atoms with van der Waals surface area (Å²) in [5.74, 6) is -0.441. The highest BCUT2D eigenvalue weighted by molar-refractivity contribution is 5.70. The molecule has 1 aromatic rings. The van der Waals surface area contributed by atoms with Gasteiger partial charge in [-0.2, -0.15) is 0 Å². The van der Waals surface area contributed by atoms with Crippen molar-refractivity contribution in [1.82, 2.24) is 10.6 Å². The van der Waals surface area contributed by atoms with Gasteiger partial charge in [-0.1, -0.05) is 26.0 Å². The second-order valence-electron chi connectivity index (χ2n) is 8.35. The Morgan fingerprint density at radius 2 is 1.96 bits per heavy atom. The normalized spacial score (nSPS) is 21.4. The van der Waals surface area contributed by atoms with Gasteiger partial charge in [0.2, 0.25) is 0 Å². The summed E-state index contributed by atoms with van der Waals surface area (Å²) >= 11 is 0. The molecule has 1 aromatic carbocycles. The average molecular weight is 382 g/mol. The van der Waals surface area contributed by atoms with Gasteiger partial charge in [0.25, 0.3) is 0 Å². The third-order valence-electron chi connectivity index (χ3n) is 4.27. The molecule has 3 atom stereocenters. The summed E-state index contributed by atoms with van der Waals surface area (Å²) in [7, 11) is 0. The van der Waals surface area contributed by atoms with Crippen molar-refractivity contribution < 1.29 is 28.6 Å². The van der Waals surface area contributed by atoms with Crippen molar-refractivity contribution >= 4 is 12.2 Å². The molecular formula is C19H27FN2O5. The lowest BCUT2D eigenvalue weighted by Crippen LogP contribution is -2.61. The van der Waals surface area contributed by atoms with Crippen LogP contribution in [0.25, 0.3) is 0 Å². The number of rotatable bonds is 4. The highest BCUT2D eigenvalue weighted by Crippen LogP contribution is 2.32. The number of alkyl carbamates (subject to hydrolysis) is 2. The SMILES string of the molecule is CC(C)(C)OC(=O)N[C@@H](c1ccc(F)cc1)[C@@H](O)[C@H]1NC(=O)OCC1(C)C. The van der Waals surface area contributed by atoms with E-state index in [1.807, 2.05) is 13.8 Å². The van der Waals surface area contributed by atoms with E-state index in [-0.39, 0.29) is 6.61 Å². The average Bonchev–Trinajstić information content (AvgIpc) is 2.54. The molecule has 0 radical (unpaired) electrons. The van der Waals surface area contributed by atoms with Gasteiger partial charge in [0.1, 0.15) is 18.0 Å². The zero-order valence-electron chi connectivity index (χ0n) is 16.2. The van der Waals surface area contributed by atoms with Gasteiger partial charge in [0.05, 0.1) is 18.2 Å². The maximum absolute atomic E-state index is 13.3. The predicted octanol–water partition coefficient (Wildman–Crippen LogP) is 2.89. The number of hydrogen-bond acceptors (Lipinski definition) is 5. The molecule has 0 aromatic heterocycles. The molecule has 1 aliphatic heterocycles. The van der Waals surface area contributed by atoms with E-state index >= 15 is 0 Å². The van der Waals surface area contributed by atoms with Crippen LogP contribution in [-0.2, 0) is 9.47 Å². The summed E-state index contributed by atoms with van der Waals surface area (Å²) in [6.07, 6.45) is -2.58. The van der Waals surface area contributed by atoms with Gasteiger partial charge < -0.3 is 25.2 Å². The summed E-state index contributed by atoms with van der Waals surface area (Å²) in [6.45, 7) is 8.93. The van der Waals surface area contributed by atoms with E-state index < -0.39 is 47.2 Å². The molecule has 0 bridgehead atoms. The lowest BCUT2D eigenvalue weighted by molar-refractivity contribution is -0.0265. The van der Waals surface area contributed by atoms with Gasteiger partial charge in [-0.3, -0.25) is 0 Å². The Hall–Kier alpha value is -2.35. The molecule has 7 nitrogen and oxygen atoms in total. The third-order valence-corrected chi connectivity index (χ3v) is 4.27. The second kappa shape index (κ2) is 7.72. The van der Waals surface area contributed by atoms with Crippen LogP contribution < -0.4 is 10.6 Å². The van der Waals surface area contributed by atoms with E-state index in [9.17, 15) is 19.1 Å². The maximum Gasteiger partial charge on any atom is 0.408 e. The monoisotopic (exact) mass is 382 g/mol. The Bertz CT molecular complexity index is 684. The topological polar surface area (TPSA) is 96.9 Å². The van der Waals surface area contributed by atoms with Crippen molar-refractivity contribution in [3.05, 3.63) is 35.6 Å². The minimum atomic E-state index is -1.20. The Balaban J connectivity index is 2.31. The molecule has 1 heterocycles. The third kappa shape index (κ3) is 5.56. The van der Waals surface area contributed by atoms with Crippen molar-refractivity contribution in [2.24, 2.45) is 5.41 Å².